The minimum absolute atomic E-state index is 0.0942. The number of fused-ring (bicyclic) bond motifs is 1. The number of nitrogens with one attached hydrogen (secondary N) is 1. The van der Waals surface area contributed by atoms with E-state index in [2.05, 4.69) is 35.1 Å². The van der Waals surface area contributed by atoms with Gasteiger partial charge in [-0.05, 0) is 37.8 Å². The van der Waals surface area contributed by atoms with Crippen LogP contribution in [0.3, 0.4) is 0 Å². The Hall–Kier alpha value is -3.28. The van der Waals surface area contributed by atoms with Crippen molar-refractivity contribution in [3.63, 3.8) is 0 Å². The first-order chi connectivity index (χ1) is 18.0. The van der Waals surface area contributed by atoms with Crippen molar-refractivity contribution in [1.29, 1.82) is 0 Å². The summed E-state index contributed by atoms with van der Waals surface area (Å²) in [6.07, 6.45) is 3.20. The zero-order valence-electron chi connectivity index (χ0n) is 22.3. The number of aliphatic hydroxyl groups is 1. The molecule has 3 aromatic rings. The Morgan fingerprint density at radius 3 is 2.55 bits per heavy atom. The quantitative estimate of drug-likeness (QED) is 0.0831. The van der Waals surface area contributed by atoms with Gasteiger partial charge in [0.05, 0.1) is 23.3 Å². The van der Waals surface area contributed by atoms with E-state index in [4.69, 9.17) is 9.47 Å². The molecule has 1 aliphatic carbocycles. The third-order valence-corrected chi connectivity index (χ3v) is 8.46. The summed E-state index contributed by atoms with van der Waals surface area (Å²) in [5, 5.41) is 26.0. The molecule has 0 aliphatic heterocycles. The molecule has 11 heteroatoms. The van der Waals surface area contributed by atoms with E-state index in [1.807, 2.05) is 0 Å². The first-order valence-electron chi connectivity index (χ1n) is 12.8. The number of pyridine rings is 1. The first-order valence-corrected chi connectivity index (χ1v) is 16.5. The highest BCUT2D eigenvalue weighted by atomic mass is 28.3. The van der Waals surface area contributed by atoms with Crippen molar-refractivity contribution in [3.8, 4) is 11.3 Å². The van der Waals surface area contributed by atoms with Crippen LogP contribution in [0.5, 0.6) is 0 Å². The SMILES string of the molecule is CCOC(=O)N/C(=N\O)c1cn(COCC[Si](C)(C)C)c2cc(F)c(-c3ccc(C4(O)CCC4)cc3)nc12. The number of oxime groups is 1. The number of nitrogens with zero attached hydrogens (tertiary/aromatic N) is 3. The van der Waals surface area contributed by atoms with Crippen molar-refractivity contribution < 1.29 is 29.0 Å². The molecule has 4 rings (SSSR count). The average Bonchev–Trinajstić information content (AvgIpc) is 3.20. The van der Waals surface area contributed by atoms with Crippen LogP contribution in [0.15, 0.2) is 41.7 Å². The maximum atomic E-state index is 15.4. The van der Waals surface area contributed by atoms with Gasteiger partial charge in [0.1, 0.15) is 17.9 Å². The third-order valence-electron chi connectivity index (χ3n) is 6.76. The Balaban J connectivity index is 1.72. The predicted octanol–water partition coefficient (Wildman–Crippen LogP) is 5.41. The highest BCUT2D eigenvalue weighted by molar-refractivity contribution is 6.76. The van der Waals surface area contributed by atoms with Crippen LogP contribution >= 0.6 is 0 Å². The van der Waals surface area contributed by atoms with Crippen molar-refractivity contribution in [3.05, 3.63) is 53.5 Å². The molecule has 0 atom stereocenters. The number of carbonyl (C=O) groups is 1. The number of halogens is 1. The molecule has 1 amide bonds. The van der Waals surface area contributed by atoms with E-state index in [1.54, 1.807) is 42.0 Å². The molecule has 0 radical (unpaired) electrons. The predicted molar refractivity (Wildman–Crippen MR) is 145 cm³/mol. The van der Waals surface area contributed by atoms with E-state index in [0.29, 0.717) is 36.0 Å². The molecule has 0 spiro atoms. The number of benzene rings is 1. The highest BCUT2D eigenvalue weighted by Gasteiger charge is 2.36. The number of hydrogen-bond acceptors (Lipinski definition) is 7. The minimum atomic E-state index is -1.30. The zero-order chi connectivity index (χ0) is 27.5. The monoisotopic (exact) mass is 542 g/mol. The van der Waals surface area contributed by atoms with Gasteiger partial charge in [-0.15, -0.1) is 0 Å². The molecule has 2 heterocycles. The fraction of sp³-hybridized carbons (Fsp3) is 0.444. The zero-order valence-corrected chi connectivity index (χ0v) is 23.3. The smallest absolute Gasteiger partial charge is 0.412 e. The molecule has 3 N–H and O–H groups in total. The van der Waals surface area contributed by atoms with Gasteiger partial charge in [0, 0.05) is 32.5 Å². The van der Waals surface area contributed by atoms with E-state index >= 15 is 4.39 Å². The van der Waals surface area contributed by atoms with Crippen LogP contribution in [0.4, 0.5) is 9.18 Å². The number of amidine groups is 1. The summed E-state index contributed by atoms with van der Waals surface area (Å²) in [7, 11) is -1.30. The molecule has 9 nitrogen and oxygen atoms in total. The lowest BCUT2D eigenvalue weighted by molar-refractivity contribution is -0.0387. The minimum Gasteiger partial charge on any atom is -0.450 e. The topological polar surface area (TPSA) is 118 Å². The molecular formula is C27H35FN4O5Si. The molecule has 38 heavy (non-hydrogen) atoms. The standard InChI is InChI=1S/C27H35FN4O5Si/c1-5-37-26(33)30-25(31-35)20-16-32(17-36-13-14-38(2,3)4)22-15-21(28)23(29-24(20)22)18-7-9-19(10-8-18)27(34)11-6-12-27/h7-10,15-16,34-35H,5-6,11-14,17H2,1-4H3,(H,30,31,33). The van der Waals surface area contributed by atoms with Crippen LogP contribution < -0.4 is 5.32 Å². The lowest BCUT2D eigenvalue weighted by Gasteiger charge is -2.37. The van der Waals surface area contributed by atoms with E-state index in [-0.39, 0.29) is 30.4 Å². The number of ether oxygens (including phenoxy) is 2. The summed E-state index contributed by atoms with van der Waals surface area (Å²) in [5.41, 5.74) is 1.62. The van der Waals surface area contributed by atoms with Gasteiger partial charge < -0.3 is 24.4 Å². The van der Waals surface area contributed by atoms with Gasteiger partial charge in [-0.1, -0.05) is 49.1 Å². The largest absolute Gasteiger partial charge is 0.450 e. The fourth-order valence-electron chi connectivity index (χ4n) is 4.36. The van der Waals surface area contributed by atoms with Crippen molar-refractivity contribution >= 4 is 31.0 Å². The van der Waals surface area contributed by atoms with Gasteiger partial charge in [0.25, 0.3) is 0 Å². The summed E-state index contributed by atoms with van der Waals surface area (Å²) in [5.74, 6) is -0.719. The molecule has 1 saturated carbocycles. The van der Waals surface area contributed by atoms with Gasteiger partial charge in [-0.2, -0.15) is 0 Å². The lowest BCUT2D eigenvalue weighted by Crippen LogP contribution is -2.33. The van der Waals surface area contributed by atoms with Crippen molar-refractivity contribution in [1.82, 2.24) is 14.9 Å². The highest BCUT2D eigenvalue weighted by Crippen LogP contribution is 2.41. The molecule has 0 unspecified atom stereocenters. The number of aromatic nitrogens is 2. The Labute approximate surface area is 222 Å². The average molecular weight is 543 g/mol. The van der Waals surface area contributed by atoms with Crippen LogP contribution in [0.25, 0.3) is 22.3 Å². The maximum Gasteiger partial charge on any atom is 0.412 e. The second-order valence-electron chi connectivity index (χ2n) is 10.8. The molecule has 1 aromatic carbocycles. The summed E-state index contributed by atoms with van der Waals surface area (Å²) < 4.78 is 27.9. The lowest BCUT2D eigenvalue weighted by atomic mass is 9.75. The molecule has 0 saturated heterocycles. The number of hydrogen-bond donors (Lipinski definition) is 3. The van der Waals surface area contributed by atoms with Gasteiger partial charge in [0.2, 0.25) is 0 Å². The normalized spacial score (nSPS) is 15.4. The Morgan fingerprint density at radius 1 is 1.26 bits per heavy atom. The van der Waals surface area contributed by atoms with Crippen LogP contribution in [-0.2, 0) is 21.8 Å². The molecule has 0 bridgehead atoms. The summed E-state index contributed by atoms with van der Waals surface area (Å²) in [6, 6.07) is 9.38. The van der Waals surface area contributed by atoms with Crippen LogP contribution in [-0.4, -0.2) is 53.1 Å². The van der Waals surface area contributed by atoms with Crippen molar-refractivity contribution in [2.45, 2.75) is 64.2 Å². The number of amides is 1. The summed E-state index contributed by atoms with van der Waals surface area (Å²) >= 11 is 0. The molecular weight excluding hydrogens is 507 g/mol. The second-order valence-corrected chi connectivity index (χ2v) is 16.4. The summed E-state index contributed by atoms with van der Waals surface area (Å²) in [4.78, 5) is 16.7. The number of carbonyl (C=O) groups excluding carboxylic acids is 1. The fourth-order valence-corrected chi connectivity index (χ4v) is 5.11. The van der Waals surface area contributed by atoms with E-state index in [1.165, 1.54) is 6.07 Å². The van der Waals surface area contributed by atoms with Crippen LogP contribution in [0, 0.1) is 5.82 Å². The van der Waals surface area contributed by atoms with Crippen molar-refractivity contribution in [2.75, 3.05) is 13.2 Å². The van der Waals surface area contributed by atoms with Gasteiger partial charge in [-0.25, -0.2) is 14.2 Å². The van der Waals surface area contributed by atoms with Gasteiger partial charge in [-0.3, -0.25) is 5.32 Å². The van der Waals surface area contributed by atoms with E-state index in [0.717, 1.165) is 18.0 Å². The maximum absolute atomic E-state index is 15.4. The van der Waals surface area contributed by atoms with E-state index < -0.39 is 25.6 Å². The molecule has 1 fully saturated rings. The summed E-state index contributed by atoms with van der Waals surface area (Å²) in [6.45, 7) is 9.24. The number of alkyl carbamates (subject to hydrolysis) is 1. The Morgan fingerprint density at radius 2 is 1.97 bits per heavy atom. The van der Waals surface area contributed by atoms with E-state index in [9.17, 15) is 15.1 Å². The van der Waals surface area contributed by atoms with Crippen LogP contribution in [0.2, 0.25) is 25.7 Å². The van der Waals surface area contributed by atoms with Crippen LogP contribution in [0.1, 0.15) is 37.3 Å². The van der Waals surface area contributed by atoms with Gasteiger partial charge in [0.15, 0.2) is 11.7 Å². The molecule has 1 aliphatic rings. The third kappa shape index (κ3) is 6.06. The second kappa shape index (κ2) is 11.2. The first kappa shape index (κ1) is 27.7. The molecule has 2 aromatic heterocycles. The van der Waals surface area contributed by atoms with Gasteiger partial charge >= 0.3 is 6.09 Å². The Bertz CT molecular complexity index is 1330. The van der Waals surface area contributed by atoms with Crippen molar-refractivity contribution in [2.24, 2.45) is 5.16 Å². The molecule has 204 valence electrons. The Kier molecular flexibility index (Phi) is 8.19. The number of rotatable bonds is 9.